The first kappa shape index (κ1) is 24.4. The smallest absolute Gasteiger partial charge is 0.207 e. The van der Waals surface area contributed by atoms with Crippen molar-refractivity contribution in [3.05, 3.63) is 110 Å². The summed E-state index contributed by atoms with van der Waals surface area (Å²) >= 11 is 13.3. The van der Waals surface area contributed by atoms with Gasteiger partial charge in [-0.1, -0.05) is 92.0 Å². The molecule has 0 saturated carbocycles. The highest BCUT2D eigenvalue weighted by Crippen LogP contribution is 2.32. The maximum Gasteiger partial charge on any atom is 0.243 e. The molecular formula is C26H22Br2ClNO2S. The molecule has 0 aliphatic rings. The molecule has 7 heteroatoms. The topological polar surface area (TPSA) is 37.4 Å². The molecule has 4 aromatic carbocycles. The summed E-state index contributed by atoms with van der Waals surface area (Å²) < 4.78 is 31.2. The van der Waals surface area contributed by atoms with E-state index in [0.717, 1.165) is 25.5 Å². The highest BCUT2D eigenvalue weighted by Gasteiger charge is 2.30. The van der Waals surface area contributed by atoms with Crippen molar-refractivity contribution in [3.8, 4) is 0 Å². The van der Waals surface area contributed by atoms with Gasteiger partial charge in [-0.15, -0.1) is 0 Å². The fourth-order valence-electron chi connectivity index (χ4n) is 3.93. The number of nitrogens with zero attached hydrogens (tertiary/aromatic N) is 1. The number of likely N-dealkylation sites (N-methyl/N-ethyl adjacent to an activating group) is 1. The molecule has 0 N–H and O–H groups in total. The molecule has 3 nitrogen and oxygen atoms in total. The molecule has 4 aromatic rings. The highest BCUT2D eigenvalue weighted by molar-refractivity contribution is 9.10. The van der Waals surface area contributed by atoms with Crippen molar-refractivity contribution in [2.24, 2.45) is 0 Å². The summed E-state index contributed by atoms with van der Waals surface area (Å²) in [6.07, 6.45) is 1.18. The molecule has 0 radical (unpaired) electrons. The number of benzene rings is 4. The van der Waals surface area contributed by atoms with Crippen LogP contribution in [0.4, 0.5) is 0 Å². The molecule has 0 aliphatic heterocycles. The summed E-state index contributed by atoms with van der Waals surface area (Å²) in [7, 11) is -2.11. The molecule has 0 saturated heterocycles. The van der Waals surface area contributed by atoms with E-state index in [4.69, 9.17) is 11.6 Å². The number of sulfonamides is 1. The summed E-state index contributed by atoms with van der Waals surface area (Å²) in [5.74, 6) is 0. The molecule has 0 atom stereocenters. The van der Waals surface area contributed by atoms with Gasteiger partial charge in [-0.25, -0.2) is 8.42 Å². The number of fused-ring (bicyclic) bond motifs is 1. The summed E-state index contributed by atoms with van der Waals surface area (Å²) in [4.78, 5) is 0.265. The SMILES string of the molecule is CN(C(Cc1ccc(Br)cc1)Cc1ccc(Br)cc1)S(=O)(=O)c1ccc(Cl)c2ccccc12. The molecule has 0 heterocycles. The second-order valence-corrected chi connectivity index (χ2v) is 12.1. The van der Waals surface area contributed by atoms with Crippen molar-refractivity contribution in [1.29, 1.82) is 0 Å². The lowest BCUT2D eigenvalue weighted by Crippen LogP contribution is -2.40. The minimum absolute atomic E-state index is 0.265. The van der Waals surface area contributed by atoms with Crippen molar-refractivity contribution in [2.45, 2.75) is 23.8 Å². The van der Waals surface area contributed by atoms with Gasteiger partial charge in [0.05, 0.1) is 4.90 Å². The van der Waals surface area contributed by atoms with Gasteiger partial charge in [0.25, 0.3) is 0 Å². The van der Waals surface area contributed by atoms with Gasteiger partial charge in [0.2, 0.25) is 10.0 Å². The van der Waals surface area contributed by atoms with E-state index in [0.29, 0.717) is 23.3 Å². The quantitative estimate of drug-likeness (QED) is 0.218. The third kappa shape index (κ3) is 5.52. The van der Waals surface area contributed by atoms with Gasteiger partial charge >= 0.3 is 0 Å². The van der Waals surface area contributed by atoms with Crippen LogP contribution < -0.4 is 0 Å². The van der Waals surface area contributed by atoms with E-state index in [2.05, 4.69) is 31.9 Å². The lowest BCUT2D eigenvalue weighted by Gasteiger charge is -2.28. The summed E-state index contributed by atoms with van der Waals surface area (Å²) in [6, 6.07) is 26.3. The molecule has 0 amide bonds. The fourth-order valence-corrected chi connectivity index (χ4v) is 6.23. The lowest BCUT2D eigenvalue weighted by molar-refractivity contribution is 0.362. The Balaban J connectivity index is 1.74. The van der Waals surface area contributed by atoms with Crippen molar-refractivity contribution >= 4 is 64.3 Å². The lowest BCUT2D eigenvalue weighted by atomic mass is 9.99. The summed E-state index contributed by atoms with van der Waals surface area (Å²) in [5.41, 5.74) is 2.15. The molecule has 0 bridgehead atoms. The van der Waals surface area contributed by atoms with Gasteiger partial charge < -0.3 is 0 Å². The van der Waals surface area contributed by atoms with Crippen molar-refractivity contribution in [1.82, 2.24) is 4.31 Å². The van der Waals surface area contributed by atoms with Crippen molar-refractivity contribution in [2.75, 3.05) is 7.05 Å². The van der Waals surface area contributed by atoms with E-state index in [-0.39, 0.29) is 10.9 Å². The number of hydrogen-bond donors (Lipinski definition) is 0. The molecule has 0 spiro atoms. The molecule has 0 aliphatic carbocycles. The zero-order chi connectivity index (χ0) is 23.6. The third-order valence-electron chi connectivity index (χ3n) is 5.77. The van der Waals surface area contributed by atoms with Crippen LogP contribution in [0.25, 0.3) is 10.8 Å². The number of hydrogen-bond acceptors (Lipinski definition) is 2. The van der Waals surface area contributed by atoms with Crippen molar-refractivity contribution in [3.63, 3.8) is 0 Å². The van der Waals surface area contributed by atoms with E-state index in [1.807, 2.05) is 66.7 Å². The average Bonchev–Trinajstić information content (AvgIpc) is 2.81. The van der Waals surface area contributed by atoms with E-state index >= 15 is 0 Å². The Kier molecular flexibility index (Phi) is 7.61. The molecule has 0 fully saturated rings. The standard InChI is InChI=1S/C26H22Br2ClNO2S/c1-30(33(31,32)26-15-14-25(29)23-4-2-3-5-24(23)26)22(16-18-6-10-20(27)11-7-18)17-19-8-12-21(28)13-9-19/h2-15,22H,16-17H2,1H3. The number of rotatable bonds is 7. The molecular weight excluding hydrogens is 586 g/mol. The van der Waals surface area contributed by atoms with Gasteiger partial charge in [-0.3, -0.25) is 0 Å². The average molecular weight is 608 g/mol. The van der Waals surface area contributed by atoms with E-state index in [1.165, 1.54) is 4.31 Å². The van der Waals surface area contributed by atoms with Crippen LogP contribution in [0.5, 0.6) is 0 Å². The minimum Gasteiger partial charge on any atom is -0.207 e. The van der Waals surface area contributed by atoms with E-state index in [9.17, 15) is 8.42 Å². The zero-order valence-electron chi connectivity index (χ0n) is 17.9. The summed E-state index contributed by atoms with van der Waals surface area (Å²) in [5, 5.41) is 1.89. The van der Waals surface area contributed by atoms with Gasteiger partial charge in [-0.2, -0.15) is 4.31 Å². The van der Waals surface area contributed by atoms with Crippen molar-refractivity contribution < 1.29 is 8.42 Å². The maximum atomic E-state index is 13.9. The van der Waals surface area contributed by atoms with Crippen LogP contribution in [-0.4, -0.2) is 25.8 Å². The first-order chi connectivity index (χ1) is 15.8. The Morgan fingerprint density at radius 3 is 1.76 bits per heavy atom. The Morgan fingerprint density at radius 1 is 0.758 bits per heavy atom. The normalized spacial score (nSPS) is 12.1. The van der Waals surface area contributed by atoms with Gasteiger partial charge in [0.1, 0.15) is 0 Å². The predicted molar refractivity (Wildman–Crippen MR) is 143 cm³/mol. The molecule has 0 aromatic heterocycles. The first-order valence-corrected chi connectivity index (χ1v) is 13.8. The van der Waals surface area contributed by atoms with Crippen LogP contribution in [-0.2, 0) is 22.9 Å². The Labute approximate surface area is 216 Å². The van der Waals surface area contributed by atoms with E-state index in [1.54, 1.807) is 25.2 Å². The Hall–Kier alpha value is -1.70. The van der Waals surface area contributed by atoms with E-state index < -0.39 is 10.0 Å². The fraction of sp³-hybridized carbons (Fsp3) is 0.154. The molecule has 4 rings (SSSR count). The van der Waals surface area contributed by atoms with Crippen LogP contribution in [0.15, 0.2) is 98.8 Å². The molecule has 0 unspecified atom stereocenters. The zero-order valence-corrected chi connectivity index (χ0v) is 22.6. The largest absolute Gasteiger partial charge is 0.243 e. The monoisotopic (exact) mass is 605 g/mol. The first-order valence-electron chi connectivity index (χ1n) is 10.4. The minimum atomic E-state index is -3.78. The molecule has 170 valence electrons. The number of halogens is 3. The third-order valence-corrected chi connectivity index (χ3v) is 9.13. The maximum absolute atomic E-state index is 13.9. The second-order valence-electron chi connectivity index (χ2n) is 7.93. The second kappa shape index (κ2) is 10.3. The van der Waals surface area contributed by atoms with Gasteiger partial charge in [0, 0.05) is 37.8 Å². The van der Waals surface area contributed by atoms with Crippen LogP contribution in [0.1, 0.15) is 11.1 Å². The van der Waals surface area contributed by atoms with Crippen LogP contribution in [0, 0.1) is 0 Å². The highest BCUT2D eigenvalue weighted by atomic mass is 79.9. The predicted octanol–water partition coefficient (Wildman–Crippen LogP) is 7.49. The van der Waals surface area contributed by atoms with Crippen LogP contribution >= 0.6 is 43.5 Å². The summed E-state index contributed by atoms with van der Waals surface area (Å²) in [6.45, 7) is 0. The van der Waals surface area contributed by atoms with Gasteiger partial charge in [0.15, 0.2) is 0 Å². The molecule has 33 heavy (non-hydrogen) atoms. The van der Waals surface area contributed by atoms with Crippen LogP contribution in [0.3, 0.4) is 0 Å². The Bertz CT molecular complexity index is 1330. The van der Waals surface area contributed by atoms with Gasteiger partial charge in [-0.05, 0) is 60.4 Å². The Morgan fingerprint density at radius 2 is 1.24 bits per heavy atom. The van der Waals surface area contributed by atoms with Crippen LogP contribution in [0.2, 0.25) is 5.02 Å².